The van der Waals surface area contributed by atoms with E-state index in [0.717, 1.165) is 10.4 Å². The highest BCUT2D eigenvalue weighted by atomic mass is 35.5. The van der Waals surface area contributed by atoms with Crippen LogP contribution in [0.4, 0.5) is 5.00 Å². The summed E-state index contributed by atoms with van der Waals surface area (Å²) in [6, 6.07) is 4.94. The van der Waals surface area contributed by atoms with Crippen molar-refractivity contribution in [3.8, 4) is 5.75 Å². The number of nitrogens with one attached hydrogen (secondary N) is 2. The quantitative estimate of drug-likeness (QED) is 0.381. The fourth-order valence-electron chi connectivity index (χ4n) is 2.68. The number of ether oxygens (including phenoxy) is 1. The lowest BCUT2D eigenvalue weighted by atomic mass is 10.1. The van der Waals surface area contributed by atoms with Gasteiger partial charge in [0.15, 0.2) is 5.11 Å². The zero-order valence-corrected chi connectivity index (χ0v) is 19.1. The van der Waals surface area contributed by atoms with Gasteiger partial charge in [0, 0.05) is 16.3 Å². The van der Waals surface area contributed by atoms with Crippen molar-refractivity contribution in [2.45, 2.75) is 33.1 Å². The topological polar surface area (TPSA) is 93.4 Å². The average Bonchev–Trinajstić information content (AvgIpc) is 2.95. The molecule has 2 aromatic rings. The van der Waals surface area contributed by atoms with Crippen LogP contribution in [0.2, 0.25) is 10.0 Å². The third-order valence-electron chi connectivity index (χ3n) is 3.99. The molecule has 29 heavy (non-hydrogen) atoms. The number of thiophene rings is 1. The Bertz CT molecular complexity index is 932. The Labute approximate surface area is 188 Å². The van der Waals surface area contributed by atoms with Crippen LogP contribution in [0, 0.1) is 6.92 Å². The minimum Gasteiger partial charge on any atom is -0.492 e. The number of benzene rings is 1. The summed E-state index contributed by atoms with van der Waals surface area (Å²) in [7, 11) is 0. The summed E-state index contributed by atoms with van der Waals surface area (Å²) in [6.45, 7) is 4.17. The van der Waals surface area contributed by atoms with E-state index in [2.05, 4.69) is 10.6 Å². The van der Waals surface area contributed by atoms with Gasteiger partial charge < -0.3 is 21.1 Å². The molecule has 0 aliphatic heterocycles. The molecule has 4 N–H and O–H groups in total. The van der Waals surface area contributed by atoms with Crippen molar-refractivity contribution in [3.05, 3.63) is 44.2 Å². The monoisotopic (exact) mass is 473 g/mol. The van der Waals surface area contributed by atoms with Crippen molar-refractivity contribution < 1.29 is 14.3 Å². The molecule has 156 valence electrons. The van der Waals surface area contributed by atoms with Gasteiger partial charge in [-0.05, 0) is 55.7 Å². The molecule has 0 radical (unpaired) electrons. The molecule has 2 rings (SSSR count). The van der Waals surface area contributed by atoms with Crippen LogP contribution in [0.5, 0.6) is 5.75 Å². The fourth-order valence-corrected chi connectivity index (χ4v) is 4.58. The van der Waals surface area contributed by atoms with Gasteiger partial charge in [0.2, 0.25) is 5.91 Å². The van der Waals surface area contributed by atoms with Crippen molar-refractivity contribution >= 4 is 68.7 Å². The molecule has 0 saturated carbocycles. The number of primary amides is 1. The lowest BCUT2D eigenvalue weighted by Gasteiger charge is -2.10. The third-order valence-corrected chi connectivity index (χ3v) is 5.79. The Balaban J connectivity index is 1.82. The molecule has 6 nitrogen and oxygen atoms in total. The molecule has 0 aliphatic carbocycles. The lowest BCUT2D eigenvalue weighted by molar-refractivity contribution is -0.119. The van der Waals surface area contributed by atoms with Gasteiger partial charge in [-0.15, -0.1) is 11.3 Å². The number of carbonyl (C=O) groups is 2. The van der Waals surface area contributed by atoms with E-state index in [1.807, 2.05) is 13.8 Å². The summed E-state index contributed by atoms with van der Waals surface area (Å²) in [5, 5.41) is 7.09. The second-order valence-electron chi connectivity index (χ2n) is 6.09. The van der Waals surface area contributed by atoms with Crippen LogP contribution >= 0.6 is 46.8 Å². The Morgan fingerprint density at radius 2 is 2.03 bits per heavy atom. The zero-order chi connectivity index (χ0) is 21.6. The molecule has 0 unspecified atom stereocenters. The highest BCUT2D eigenvalue weighted by molar-refractivity contribution is 7.80. The van der Waals surface area contributed by atoms with Crippen LogP contribution in [0.1, 0.15) is 40.6 Å². The first-order chi connectivity index (χ1) is 13.7. The largest absolute Gasteiger partial charge is 0.492 e. The highest BCUT2D eigenvalue weighted by Gasteiger charge is 2.20. The summed E-state index contributed by atoms with van der Waals surface area (Å²) >= 11 is 18.4. The van der Waals surface area contributed by atoms with E-state index in [1.54, 1.807) is 18.2 Å². The molecule has 0 bridgehead atoms. The van der Waals surface area contributed by atoms with Crippen LogP contribution in [-0.2, 0) is 11.2 Å². The fraction of sp³-hybridized carbons (Fsp3) is 0.316. The van der Waals surface area contributed by atoms with E-state index < -0.39 is 5.91 Å². The number of thiocarbonyl (C=S) groups is 1. The Kier molecular flexibility index (Phi) is 8.70. The maximum atomic E-state index is 12.1. The number of anilines is 1. The molecule has 0 aliphatic rings. The normalized spacial score (nSPS) is 10.5. The number of hydrogen-bond donors (Lipinski definition) is 3. The molecule has 0 spiro atoms. The van der Waals surface area contributed by atoms with Gasteiger partial charge in [-0.2, -0.15) is 0 Å². The lowest BCUT2D eigenvalue weighted by Crippen LogP contribution is -2.34. The zero-order valence-electron chi connectivity index (χ0n) is 15.9. The number of amides is 2. The van der Waals surface area contributed by atoms with Crippen molar-refractivity contribution in [2.75, 3.05) is 11.9 Å². The van der Waals surface area contributed by atoms with Gasteiger partial charge in [-0.1, -0.05) is 30.1 Å². The summed E-state index contributed by atoms with van der Waals surface area (Å²) < 4.78 is 5.54. The second-order valence-corrected chi connectivity index (χ2v) is 8.56. The van der Waals surface area contributed by atoms with Gasteiger partial charge in [-0.3, -0.25) is 9.59 Å². The predicted octanol–water partition coefficient (Wildman–Crippen LogP) is 4.70. The van der Waals surface area contributed by atoms with Crippen molar-refractivity contribution in [2.24, 2.45) is 5.73 Å². The highest BCUT2D eigenvalue weighted by Crippen LogP contribution is 2.33. The van der Waals surface area contributed by atoms with Gasteiger partial charge in [-0.25, -0.2) is 0 Å². The molecule has 0 saturated heterocycles. The second kappa shape index (κ2) is 10.8. The van der Waals surface area contributed by atoms with Crippen LogP contribution < -0.4 is 21.1 Å². The SMILES string of the molecule is CCc1c(C)sc(NC(=S)NC(=O)CCCOc2ccc(Cl)cc2Cl)c1C(N)=O. The van der Waals surface area contributed by atoms with E-state index in [9.17, 15) is 9.59 Å². The number of carbonyl (C=O) groups excluding carboxylic acids is 2. The van der Waals surface area contributed by atoms with E-state index in [1.165, 1.54) is 11.3 Å². The third kappa shape index (κ3) is 6.57. The minimum atomic E-state index is -0.527. The van der Waals surface area contributed by atoms with Gasteiger partial charge in [0.1, 0.15) is 10.8 Å². The minimum absolute atomic E-state index is 0.114. The first-order valence-electron chi connectivity index (χ1n) is 8.83. The average molecular weight is 474 g/mol. The number of halogens is 2. The predicted molar refractivity (Wildman–Crippen MR) is 123 cm³/mol. The van der Waals surface area contributed by atoms with E-state index in [-0.39, 0.29) is 17.4 Å². The Morgan fingerprint density at radius 1 is 1.31 bits per heavy atom. The van der Waals surface area contributed by atoms with Gasteiger partial charge in [0.25, 0.3) is 5.91 Å². The molecule has 1 heterocycles. The van der Waals surface area contributed by atoms with Crippen LogP contribution in [0.15, 0.2) is 18.2 Å². The van der Waals surface area contributed by atoms with Crippen molar-refractivity contribution in [1.29, 1.82) is 0 Å². The molecule has 0 fully saturated rings. The van der Waals surface area contributed by atoms with E-state index >= 15 is 0 Å². The van der Waals surface area contributed by atoms with E-state index in [0.29, 0.717) is 45.8 Å². The Morgan fingerprint density at radius 3 is 2.66 bits per heavy atom. The molecule has 0 atom stereocenters. The van der Waals surface area contributed by atoms with Gasteiger partial charge in [0.05, 0.1) is 17.2 Å². The standard InChI is InChI=1S/C19H21Cl2N3O3S2/c1-3-12-10(2)29-18(16(12)17(22)26)24-19(28)23-15(25)5-4-8-27-14-7-6-11(20)9-13(14)21/h6-7,9H,3-5,8H2,1-2H3,(H2,22,26)(H2,23,24,25,28). The summed E-state index contributed by atoms with van der Waals surface area (Å²) in [5.41, 5.74) is 6.80. The van der Waals surface area contributed by atoms with Crippen LogP contribution in [-0.4, -0.2) is 23.5 Å². The van der Waals surface area contributed by atoms with Crippen LogP contribution in [0.3, 0.4) is 0 Å². The maximum absolute atomic E-state index is 12.1. The molecular weight excluding hydrogens is 453 g/mol. The molecular formula is C19H21Cl2N3O3S2. The number of rotatable bonds is 8. The van der Waals surface area contributed by atoms with Crippen molar-refractivity contribution in [3.63, 3.8) is 0 Å². The molecule has 2 amide bonds. The van der Waals surface area contributed by atoms with Gasteiger partial charge >= 0.3 is 0 Å². The first-order valence-corrected chi connectivity index (χ1v) is 10.8. The number of nitrogens with two attached hydrogens (primary N) is 1. The summed E-state index contributed by atoms with van der Waals surface area (Å²) in [6.07, 6.45) is 1.36. The molecule has 10 heteroatoms. The van der Waals surface area contributed by atoms with Crippen LogP contribution in [0.25, 0.3) is 0 Å². The first kappa shape index (κ1) is 23.4. The molecule has 1 aromatic carbocycles. The number of aryl methyl sites for hydroxylation is 1. The maximum Gasteiger partial charge on any atom is 0.251 e. The number of hydrogen-bond acceptors (Lipinski definition) is 5. The van der Waals surface area contributed by atoms with Crippen molar-refractivity contribution in [1.82, 2.24) is 5.32 Å². The smallest absolute Gasteiger partial charge is 0.251 e. The summed E-state index contributed by atoms with van der Waals surface area (Å²) in [5.74, 6) is -0.286. The summed E-state index contributed by atoms with van der Waals surface area (Å²) in [4.78, 5) is 24.9. The van der Waals surface area contributed by atoms with E-state index in [4.69, 9.17) is 45.9 Å². The Hall–Kier alpha value is -1.87. The molecule has 1 aromatic heterocycles.